The summed E-state index contributed by atoms with van der Waals surface area (Å²) in [6.07, 6.45) is 7.95. The highest BCUT2D eigenvalue weighted by Gasteiger charge is 2.45. The van der Waals surface area contributed by atoms with Crippen LogP contribution >= 0.6 is 0 Å². The lowest BCUT2D eigenvalue weighted by atomic mass is 9.73. The van der Waals surface area contributed by atoms with E-state index in [4.69, 9.17) is 0 Å². The fraction of sp³-hybridized carbons (Fsp3) is 0.923. The Morgan fingerprint density at radius 2 is 2.06 bits per heavy atom. The molecule has 0 aliphatic heterocycles. The maximum absolute atomic E-state index is 11.5. The zero-order valence-electron chi connectivity index (χ0n) is 10.2. The fourth-order valence-corrected chi connectivity index (χ4v) is 3.03. The smallest absolute Gasteiger partial charge is 0.324 e. The quantitative estimate of drug-likeness (QED) is 0.772. The molecule has 2 N–H and O–H groups in total. The molecule has 0 aromatic carbocycles. The molecule has 2 atom stereocenters. The van der Waals surface area contributed by atoms with Gasteiger partial charge in [0.25, 0.3) is 0 Å². The second-order valence-corrected chi connectivity index (χ2v) is 5.60. The van der Waals surface area contributed by atoms with Crippen molar-refractivity contribution in [3.63, 3.8) is 0 Å². The SMILES string of the molecule is CC1CCCCC1(NCC1CCC1)C(=O)O. The van der Waals surface area contributed by atoms with E-state index in [1.807, 2.05) is 0 Å². The van der Waals surface area contributed by atoms with Crippen molar-refractivity contribution in [1.29, 1.82) is 0 Å². The van der Waals surface area contributed by atoms with Crippen LogP contribution in [-0.2, 0) is 4.79 Å². The Kier molecular flexibility index (Phi) is 3.53. The van der Waals surface area contributed by atoms with Crippen molar-refractivity contribution in [2.45, 2.75) is 57.4 Å². The summed E-state index contributed by atoms with van der Waals surface area (Å²) >= 11 is 0. The average Bonchev–Trinajstić information content (AvgIpc) is 2.18. The third-order valence-corrected chi connectivity index (χ3v) is 4.61. The number of hydrogen-bond donors (Lipinski definition) is 2. The van der Waals surface area contributed by atoms with Crippen LogP contribution in [0.15, 0.2) is 0 Å². The van der Waals surface area contributed by atoms with Crippen LogP contribution in [0.4, 0.5) is 0 Å². The number of aliphatic carboxylic acids is 1. The molecule has 0 aromatic heterocycles. The van der Waals surface area contributed by atoms with Crippen molar-refractivity contribution < 1.29 is 9.90 Å². The van der Waals surface area contributed by atoms with E-state index >= 15 is 0 Å². The molecule has 0 amide bonds. The topological polar surface area (TPSA) is 49.3 Å². The second-order valence-electron chi connectivity index (χ2n) is 5.60. The molecule has 92 valence electrons. The van der Waals surface area contributed by atoms with Crippen LogP contribution in [0.25, 0.3) is 0 Å². The van der Waals surface area contributed by atoms with Gasteiger partial charge in [0, 0.05) is 0 Å². The molecular formula is C13H23NO2. The first-order chi connectivity index (χ1) is 7.65. The van der Waals surface area contributed by atoms with Gasteiger partial charge in [-0.2, -0.15) is 0 Å². The molecule has 3 nitrogen and oxygen atoms in total. The van der Waals surface area contributed by atoms with Crippen LogP contribution in [0.5, 0.6) is 0 Å². The number of carbonyl (C=O) groups is 1. The van der Waals surface area contributed by atoms with Crippen LogP contribution in [0.1, 0.15) is 51.9 Å². The Balaban J connectivity index is 1.98. The molecule has 0 heterocycles. The van der Waals surface area contributed by atoms with Crippen molar-refractivity contribution in [2.24, 2.45) is 11.8 Å². The van der Waals surface area contributed by atoms with Crippen LogP contribution in [0, 0.1) is 11.8 Å². The van der Waals surface area contributed by atoms with Gasteiger partial charge in [-0.05, 0) is 44.1 Å². The Morgan fingerprint density at radius 3 is 2.56 bits per heavy atom. The van der Waals surface area contributed by atoms with E-state index in [0.29, 0.717) is 0 Å². The highest BCUT2D eigenvalue weighted by molar-refractivity contribution is 5.79. The van der Waals surface area contributed by atoms with Gasteiger partial charge >= 0.3 is 5.97 Å². The minimum absolute atomic E-state index is 0.263. The van der Waals surface area contributed by atoms with Gasteiger partial charge in [-0.25, -0.2) is 0 Å². The second kappa shape index (κ2) is 4.74. The molecule has 2 saturated carbocycles. The monoisotopic (exact) mass is 225 g/mol. The molecule has 0 bridgehead atoms. The first-order valence-corrected chi connectivity index (χ1v) is 6.63. The Bertz CT molecular complexity index is 263. The molecule has 16 heavy (non-hydrogen) atoms. The Labute approximate surface area is 97.6 Å². The van der Waals surface area contributed by atoms with E-state index < -0.39 is 11.5 Å². The Morgan fingerprint density at radius 1 is 1.31 bits per heavy atom. The average molecular weight is 225 g/mol. The zero-order valence-corrected chi connectivity index (χ0v) is 10.2. The van der Waals surface area contributed by atoms with Gasteiger partial charge in [-0.1, -0.05) is 26.2 Å². The molecule has 0 radical (unpaired) electrons. The van der Waals surface area contributed by atoms with E-state index in [-0.39, 0.29) is 5.92 Å². The van der Waals surface area contributed by atoms with Crippen LogP contribution in [0.2, 0.25) is 0 Å². The standard InChI is InChI=1S/C13H23NO2/c1-10-5-2-3-8-13(10,12(15)16)14-9-11-6-4-7-11/h10-11,14H,2-9H2,1H3,(H,15,16). The summed E-state index contributed by atoms with van der Waals surface area (Å²) in [6, 6.07) is 0. The van der Waals surface area contributed by atoms with Crippen molar-refractivity contribution in [1.82, 2.24) is 5.32 Å². The number of rotatable bonds is 4. The largest absolute Gasteiger partial charge is 0.480 e. The van der Waals surface area contributed by atoms with Crippen molar-refractivity contribution >= 4 is 5.97 Å². The maximum Gasteiger partial charge on any atom is 0.324 e. The highest BCUT2D eigenvalue weighted by atomic mass is 16.4. The van der Waals surface area contributed by atoms with Crippen LogP contribution < -0.4 is 5.32 Å². The predicted molar refractivity (Wildman–Crippen MR) is 63.3 cm³/mol. The summed E-state index contributed by atoms with van der Waals surface area (Å²) in [5.41, 5.74) is -0.631. The zero-order chi connectivity index (χ0) is 11.6. The number of hydrogen-bond acceptors (Lipinski definition) is 2. The molecule has 3 heteroatoms. The predicted octanol–water partition coefficient (Wildman–Crippen LogP) is 2.41. The first kappa shape index (κ1) is 11.9. The van der Waals surface area contributed by atoms with Crippen molar-refractivity contribution in [2.75, 3.05) is 6.54 Å². The van der Waals surface area contributed by atoms with Gasteiger partial charge in [-0.15, -0.1) is 0 Å². The molecule has 0 aromatic rings. The number of carboxylic acid groups (broad SMARTS) is 1. The van der Waals surface area contributed by atoms with Crippen LogP contribution in [0.3, 0.4) is 0 Å². The highest BCUT2D eigenvalue weighted by Crippen LogP contribution is 2.35. The Hall–Kier alpha value is -0.570. The summed E-state index contributed by atoms with van der Waals surface area (Å²) in [7, 11) is 0. The molecule has 2 aliphatic rings. The molecule has 2 rings (SSSR count). The molecule has 0 spiro atoms. The van der Waals surface area contributed by atoms with Gasteiger partial charge < -0.3 is 10.4 Å². The van der Waals surface area contributed by atoms with Crippen LogP contribution in [-0.4, -0.2) is 23.2 Å². The van der Waals surface area contributed by atoms with E-state index in [1.54, 1.807) is 0 Å². The van der Waals surface area contributed by atoms with E-state index in [9.17, 15) is 9.90 Å². The van der Waals surface area contributed by atoms with Gasteiger partial charge in [0.2, 0.25) is 0 Å². The lowest BCUT2D eigenvalue weighted by molar-refractivity contribution is -0.149. The molecule has 2 unspecified atom stereocenters. The number of carboxylic acids is 1. The van der Waals surface area contributed by atoms with Gasteiger partial charge in [0.05, 0.1) is 0 Å². The summed E-state index contributed by atoms with van der Waals surface area (Å²) < 4.78 is 0. The van der Waals surface area contributed by atoms with E-state index in [0.717, 1.165) is 31.7 Å². The summed E-state index contributed by atoms with van der Waals surface area (Å²) in [4.78, 5) is 11.5. The fourth-order valence-electron chi connectivity index (χ4n) is 3.03. The molecule has 2 fully saturated rings. The van der Waals surface area contributed by atoms with E-state index in [1.165, 1.54) is 25.7 Å². The maximum atomic E-state index is 11.5. The third-order valence-electron chi connectivity index (χ3n) is 4.61. The lowest BCUT2D eigenvalue weighted by Gasteiger charge is -2.41. The minimum atomic E-state index is -0.640. The summed E-state index contributed by atoms with van der Waals surface area (Å²) in [5, 5.41) is 12.9. The minimum Gasteiger partial charge on any atom is -0.480 e. The van der Waals surface area contributed by atoms with Gasteiger partial charge in [0.1, 0.15) is 5.54 Å². The van der Waals surface area contributed by atoms with E-state index in [2.05, 4.69) is 12.2 Å². The van der Waals surface area contributed by atoms with Crippen molar-refractivity contribution in [3.05, 3.63) is 0 Å². The number of nitrogens with one attached hydrogen (secondary N) is 1. The van der Waals surface area contributed by atoms with Gasteiger partial charge in [-0.3, -0.25) is 4.79 Å². The summed E-state index contributed by atoms with van der Waals surface area (Å²) in [5.74, 6) is 0.350. The van der Waals surface area contributed by atoms with Gasteiger partial charge in [0.15, 0.2) is 0 Å². The first-order valence-electron chi connectivity index (χ1n) is 6.63. The lowest BCUT2D eigenvalue weighted by Crippen LogP contribution is -2.59. The third kappa shape index (κ3) is 2.10. The normalized spacial score (nSPS) is 35.7. The molecule has 0 saturated heterocycles. The van der Waals surface area contributed by atoms with Crippen molar-refractivity contribution in [3.8, 4) is 0 Å². The molecule has 2 aliphatic carbocycles. The summed E-state index contributed by atoms with van der Waals surface area (Å²) in [6.45, 7) is 2.98. The molecular weight excluding hydrogens is 202 g/mol.